The van der Waals surface area contributed by atoms with Crippen molar-refractivity contribution in [3.63, 3.8) is 0 Å². The number of nitro groups is 1. The Labute approximate surface area is 153 Å². The van der Waals surface area contributed by atoms with E-state index >= 15 is 0 Å². The van der Waals surface area contributed by atoms with Gasteiger partial charge in [0.25, 0.3) is 5.69 Å². The number of nitrogens with zero attached hydrogens (tertiary/aromatic N) is 3. The van der Waals surface area contributed by atoms with E-state index in [-0.39, 0.29) is 5.69 Å². The van der Waals surface area contributed by atoms with E-state index in [0.717, 1.165) is 11.3 Å². The minimum Gasteiger partial charge on any atom is -0.369 e. The molecule has 1 aliphatic rings. The third-order valence-corrected chi connectivity index (χ3v) is 6.55. The Morgan fingerprint density at radius 1 is 0.962 bits per heavy atom. The van der Waals surface area contributed by atoms with Gasteiger partial charge in [-0.1, -0.05) is 17.7 Å². The molecule has 138 valence electrons. The molecule has 2 aromatic carbocycles. The van der Waals surface area contributed by atoms with E-state index in [1.54, 1.807) is 43.3 Å². The lowest BCUT2D eigenvalue weighted by Crippen LogP contribution is -2.48. The number of aryl methyl sites for hydroxylation is 2. The van der Waals surface area contributed by atoms with E-state index in [4.69, 9.17) is 0 Å². The van der Waals surface area contributed by atoms with Crippen molar-refractivity contribution in [1.29, 1.82) is 0 Å². The largest absolute Gasteiger partial charge is 0.369 e. The van der Waals surface area contributed by atoms with Gasteiger partial charge in [-0.2, -0.15) is 4.31 Å². The van der Waals surface area contributed by atoms with Crippen LogP contribution in [0.5, 0.6) is 0 Å². The summed E-state index contributed by atoms with van der Waals surface area (Å²) >= 11 is 0. The number of hydrogen-bond acceptors (Lipinski definition) is 5. The first-order valence-corrected chi connectivity index (χ1v) is 9.80. The fourth-order valence-corrected chi connectivity index (χ4v) is 4.51. The molecule has 0 unspecified atom stereocenters. The Balaban J connectivity index is 1.72. The van der Waals surface area contributed by atoms with Gasteiger partial charge in [-0.25, -0.2) is 8.42 Å². The Kier molecular flexibility index (Phi) is 4.97. The molecule has 0 bridgehead atoms. The highest BCUT2D eigenvalue weighted by Crippen LogP contribution is 2.26. The Morgan fingerprint density at radius 3 is 2.12 bits per heavy atom. The van der Waals surface area contributed by atoms with Gasteiger partial charge in [0, 0.05) is 43.5 Å². The number of benzene rings is 2. The van der Waals surface area contributed by atoms with Crippen LogP contribution >= 0.6 is 0 Å². The molecule has 0 aromatic heterocycles. The average molecular weight is 375 g/mol. The molecule has 3 rings (SSSR count). The summed E-state index contributed by atoms with van der Waals surface area (Å²) in [7, 11) is -3.49. The monoisotopic (exact) mass is 375 g/mol. The molecule has 8 heteroatoms. The Hall–Kier alpha value is -2.45. The molecule has 26 heavy (non-hydrogen) atoms. The van der Waals surface area contributed by atoms with Gasteiger partial charge < -0.3 is 4.90 Å². The Bertz CT molecular complexity index is 918. The third-order valence-electron chi connectivity index (χ3n) is 4.64. The SMILES string of the molecule is Cc1ccc(S(=O)(=O)N2CCN(c3ccc([N+](=O)[O-])c(C)c3)CC2)cc1. The topological polar surface area (TPSA) is 83.8 Å². The summed E-state index contributed by atoms with van der Waals surface area (Å²) < 4.78 is 27.0. The second-order valence-corrected chi connectivity index (χ2v) is 8.37. The standard InChI is InChI=1S/C18H21N3O4S/c1-14-3-6-17(7-4-14)26(24,25)20-11-9-19(10-12-20)16-5-8-18(21(22)23)15(2)13-16/h3-8,13H,9-12H2,1-2H3. The van der Waals surface area contributed by atoms with E-state index in [1.165, 1.54) is 10.4 Å². The summed E-state index contributed by atoms with van der Waals surface area (Å²) in [5.41, 5.74) is 2.58. The number of sulfonamides is 1. The molecule has 2 aromatic rings. The van der Waals surface area contributed by atoms with Crippen LogP contribution in [0.1, 0.15) is 11.1 Å². The van der Waals surface area contributed by atoms with Crippen LogP contribution in [0, 0.1) is 24.0 Å². The van der Waals surface area contributed by atoms with Crippen molar-refractivity contribution in [2.45, 2.75) is 18.7 Å². The van der Waals surface area contributed by atoms with Crippen LogP contribution in [0.25, 0.3) is 0 Å². The normalized spacial score (nSPS) is 15.8. The van der Waals surface area contributed by atoms with Crippen molar-refractivity contribution in [1.82, 2.24) is 4.31 Å². The molecular formula is C18H21N3O4S. The molecule has 1 saturated heterocycles. The minimum atomic E-state index is -3.49. The van der Waals surface area contributed by atoms with E-state index in [9.17, 15) is 18.5 Å². The van der Waals surface area contributed by atoms with Crippen LogP contribution in [0.3, 0.4) is 0 Å². The molecule has 0 saturated carbocycles. The number of nitro benzene ring substituents is 1. The second kappa shape index (κ2) is 7.05. The molecule has 1 fully saturated rings. The molecule has 0 radical (unpaired) electrons. The summed E-state index contributed by atoms with van der Waals surface area (Å²) in [4.78, 5) is 12.9. The van der Waals surface area contributed by atoms with Crippen molar-refractivity contribution < 1.29 is 13.3 Å². The van der Waals surface area contributed by atoms with Crippen LogP contribution in [-0.2, 0) is 10.0 Å². The van der Waals surface area contributed by atoms with Crippen molar-refractivity contribution in [3.05, 3.63) is 63.7 Å². The van der Waals surface area contributed by atoms with Crippen LogP contribution in [-0.4, -0.2) is 43.8 Å². The molecule has 0 N–H and O–H groups in total. The third kappa shape index (κ3) is 3.56. The summed E-state index contributed by atoms with van der Waals surface area (Å²) in [6.45, 7) is 5.48. The first-order valence-electron chi connectivity index (χ1n) is 8.36. The smallest absolute Gasteiger partial charge is 0.272 e. The molecule has 1 aliphatic heterocycles. The molecular weight excluding hydrogens is 354 g/mol. The highest BCUT2D eigenvalue weighted by Gasteiger charge is 2.28. The maximum Gasteiger partial charge on any atom is 0.272 e. The molecule has 0 spiro atoms. The zero-order valence-corrected chi connectivity index (χ0v) is 15.6. The van der Waals surface area contributed by atoms with Crippen molar-refractivity contribution in [2.75, 3.05) is 31.1 Å². The predicted octanol–water partition coefficient (Wildman–Crippen LogP) is 2.72. The molecule has 7 nitrogen and oxygen atoms in total. The summed E-state index contributed by atoms with van der Waals surface area (Å²) in [6.07, 6.45) is 0. The lowest BCUT2D eigenvalue weighted by molar-refractivity contribution is -0.385. The number of anilines is 1. The lowest BCUT2D eigenvalue weighted by atomic mass is 10.1. The van der Waals surface area contributed by atoms with Gasteiger partial charge >= 0.3 is 0 Å². The fraction of sp³-hybridized carbons (Fsp3) is 0.333. The second-order valence-electron chi connectivity index (χ2n) is 6.43. The van der Waals surface area contributed by atoms with Crippen molar-refractivity contribution >= 4 is 21.4 Å². The van der Waals surface area contributed by atoms with Crippen LogP contribution < -0.4 is 4.90 Å². The molecule has 0 aliphatic carbocycles. The lowest BCUT2D eigenvalue weighted by Gasteiger charge is -2.35. The van der Waals surface area contributed by atoms with Gasteiger partial charge in [-0.15, -0.1) is 0 Å². The van der Waals surface area contributed by atoms with Crippen LogP contribution in [0.2, 0.25) is 0 Å². The highest BCUT2D eigenvalue weighted by molar-refractivity contribution is 7.89. The van der Waals surface area contributed by atoms with Gasteiger partial charge in [0.2, 0.25) is 10.0 Å². The summed E-state index contributed by atoms with van der Waals surface area (Å²) in [5.74, 6) is 0. The quantitative estimate of drug-likeness (QED) is 0.606. The maximum absolute atomic E-state index is 12.7. The first kappa shape index (κ1) is 18.3. The van der Waals surface area contributed by atoms with E-state index in [1.807, 2.05) is 6.92 Å². The Morgan fingerprint density at radius 2 is 1.58 bits per heavy atom. The van der Waals surface area contributed by atoms with Crippen LogP contribution in [0.15, 0.2) is 47.4 Å². The van der Waals surface area contributed by atoms with Gasteiger partial charge in [-0.3, -0.25) is 10.1 Å². The number of piperazine rings is 1. The average Bonchev–Trinajstić information content (AvgIpc) is 2.62. The molecule has 1 heterocycles. The maximum atomic E-state index is 12.7. The number of hydrogen-bond donors (Lipinski definition) is 0. The first-order chi connectivity index (χ1) is 12.3. The van der Waals surface area contributed by atoms with Gasteiger partial charge in [0.1, 0.15) is 0 Å². The van der Waals surface area contributed by atoms with E-state index < -0.39 is 14.9 Å². The zero-order chi connectivity index (χ0) is 18.9. The van der Waals surface area contributed by atoms with Crippen molar-refractivity contribution in [3.8, 4) is 0 Å². The van der Waals surface area contributed by atoms with Gasteiger partial charge in [0.05, 0.1) is 9.82 Å². The van der Waals surface area contributed by atoms with Crippen LogP contribution in [0.4, 0.5) is 11.4 Å². The summed E-state index contributed by atoms with van der Waals surface area (Å²) in [6, 6.07) is 11.9. The number of rotatable bonds is 4. The van der Waals surface area contributed by atoms with Gasteiger partial charge in [0.15, 0.2) is 0 Å². The molecule has 0 atom stereocenters. The predicted molar refractivity (Wildman–Crippen MR) is 100.0 cm³/mol. The molecule has 0 amide bonds. The highest BCUT2D eigenvalue weighted by atomic mass is 32.2. The zero-order valence-electron chi connectivity index (χ0n) is 14.8. The van der Waals surface area contributed by atoms with Gasteiger partial charge in [-0.05, 0) is 38.1 Å². The van der Waals surface area contributed by atoms with E-state index in [2.05, 4.69) is 4.90 Å². The fourth-order valence-electron chi connectivity index (χ4n) is 3.09. The van der Waals surface area contributed by atoms with E-state index in [0.29, 0.717) is 36.6 Å². The van der Waals surface area contributed by atoms with Crippen molar-refractivity contribution in [2.24, 2.45) is 0 Å². The minimum absolute atomic E-state index is 0.0920. The summed E-state index contributed by atoms with van der Waals surface area (Å²) in [5, 5.41) is 10.9.